The number of carbonyl (C=O) groups is 2. The Labute approximate surface area is 230 Å². The summed E-state index contributed by atoms with van der Waals surface area (Å²) in [6.07, 6.45) is 1.17. The summed E-state index contributed by atoms with van der Waals surface area (Å²) in [6.45, 7) is 6.81. The summed E-state index contributed by atoms with van der Waals surface area (Å²) in [6, 6.07) is 20.7. The Kier molecular flexibility index (Phi) is 8.42. The quantitative estimate of drug-likeness (QED) is 0.417. The topological polar surface area (TPSA) is 105 Å². The van der Waals surface area contributed by atoms with Crippen molar-refractivity contribution in [3.63, 3.8) is 0 Å². The fourth-order valence-electron chi connectivity index (χ4n) is 4.52. The Hall–Kier alpha value is -3.69. The number of benzene rings is 3. The molecule has 0 unspecified atom stereocenters. The van der Waals surface area contributed by atoms with Gasteiger partial charge in [0.1, 0.15) is 5.75 Å². The Morgan fingerprint density at radius 1 is 0.923 bits per heavy atom. The van der Waals surface area contributed by atoms with Crippen molar-refractivity contribution in [2.75, 3.05) is 30.8 Å². The summed E-state index contributed by atoms with van der Waals surface area (Å²) in [5.41, 5.74) is 2.75. The zero-order valence-corrected chi connectivity index (χ0v) is 23.5. The lowest BCUT2D eigenvalue weighted by atomic mass is 9.87. The molecule has 8 nitrogen and oxygen atoms in total. The first-order valence-corrected chi connectivity index (χ1v) is 14.4. The van der Waals surface area contributed by atoms with Gasteiger partial charge in [-0.15, -0.1) is 0 Å². The van der Waals surface area contributed by atoms with E-state index in [1.807, 2.05) is 12.1 Å². The van der Waals surface area contributed by atoms with Crippen LogP contribution in [0, 0.1) is 5.92 Å². The van der Waals surface area contributed by atoms with E-state index in [1.54, 1.807) is 48.5 Å². The molecule has 3 aromatic rings. The van der Waals surface area contributed by atoms with E-state index in [9.17, 15) is 18.0 Å². The van der Waals surface area contributed by atoms with E-state index < -0.39 is 15.9 Å². The van der Waals surface area contributed by atoms with Crippen LogP contribution in [0.5, 0.6) is 5.75 Å². The number of rotatable bonds is 7. The molecule has 1 aliphatic heterocycles. The minimum Gasteiger partial charge on any atom is -0.497 e. The molecule has 4 rings (SSSR count). The Bertz CT molecular complexity index is 1430. The molecule has 0 aromatic heterocycles. The van der Waals surface area contributed by atoms with Gasteiger partial charge in [-0.05, 0) is 78.4 Å². The van der Waals surface area contributed by atoms with Crippen molar-refractivity contribution in [2.24, 2.45) is 5.92 Å². The van der Waals surface area contributed by atoms with Gasteiger partial charge in [-0.1, -0.05) is 39.0 Å². The van der Waals surface area contributed by atoms with Crippen molar-refractivity contribution in [1.29, 1.82) is 0 Å². The van der Waals surface area contributed by atoms with E-state index in [1.165, 1.54) is 23.5 Å². The zero-order valence-electron chi connectivity index (χ0n) is 22.7. The third-order valence-electron chi connectivity index (χ3n) is 6.85. The monoisotopic (exact) mass is 549 g/mol. The molecule has 1 atom stereocenters. The van der Waals surface area contributed by atoms with Gasteiger partial charge >= 0.3 is 0 Å². The second kappa shape index (κ2) is 11.6. The van der Waals surface area contributed by atoms with Gasteiger partial charge in [0.05, 0.1) is 17.9 Å². The fraction of sp³-hybridized carbons (Fsp3) is 0.333. The number of nitrogens with zero attached hydrogens (tertiary/aromatic N) is 1. The molecule has 206 valence electrons. The maximum atomic E-state index is 13.2. The molecule has 1 fully saturated rings. The van der Waals surface area contributed by atoms with Crippen LogP contribution in [-0.2, 0) is 20.2 Å². The van der Waals surface area contributed by atoms with Crippen molar-refractivity contribution in [2.45, 2.75) is 43.9 Å². The van der Waals surface area contributed by atoms with Crippen molar-refractivity contribution in [3.05, 3.63) is 83.9 Å². The van der Waals surface area contributed by atoms with E-state index in [0.717, 1.165) is 5.56 Å². The highest BCUT2D eigenvalue weighted by atomic mass is 32.2. The standard InChI is InChI=1S/C30H35N3O5S/c1-30(2,3)23-12-10-21(11-13-23)28(34)31-24-8-5-9-25(19-24)32-29(35)22-7-6-18-33(20-22)39(36,37)27-16-14-26(38-4)15-17-27/h5,8-17,19,22H,6-7,18,20H2,1-4H3,(H,31,34)(H,32,35)/t22-/m0/s1. The lowest BCUT2D eigenvalue weighted by molar-refractivity contribution is -0.120. The van der Waals surface area contributed by atoms with E-state index in [4.69, 9.17) is 4.74 Å². The summed E-state index contributed by atoms with van der Waals surface area (Å²) >= 11 is 0. The average molecular weight is 550 g/mol. The summed E-state index contributed by atoms with van der Waals surface area (Å²) in [5, 5.41) is 5.76. The van der Waals surface area contributed by atoms with Crippen LogP contribution in [0.3, 0.4) is 0 Å². The highest BCUT2D eigenvalue weighted by Gasteiger charge is 2.33. The fourth-order valence-corrected chi connectivity index (χ4v) is 6.04. The molecule has 0 bridgehead atoms. The predicted molar refractivity (Wildman–Crippen MR) is 153 cm³/mol. The van der Waals surface area contributed by atoms with E-state index in [2.05, 4.69) is 31.4 Å². The minimum atomic E-state index is -3.73. The first-order chi connectivity index (χ1) is 18.5. The zero-order chi connectivity index (χ0) is 28.2. The summed E-state index contributed by atoms with van der Waals surface area (Å²) in [4.78, 5) is 26.0. The van der Waals surface area contributed by atoms with Crippen molar-refractivity contribution in [1.82, 2.24) is 4.31 Å². The van der Waals surface area contributed by atoms with E-state index >= 15 is 0 Å². The van der Waals surface area contributed by atoms with Gasteiger partial charge in [0.15, 0.2) is 0 Å². The number of amides is 2. The van der Waals surface area contributed by atoms with Crippen LogP contribution in [0.2, 0.25) is 0 Å². The van der Waals surface area contributed by atoms with Crippen LogP contribution in [0.4, 0.5) is 11.4 Å². The number of piperidine rings is 1. The van der Waals surface area contributed by atoms with Gasteiger partial charge in [-0.25, -0.2) is 8.42 Å². The molecule has 1 saturated heterocycles. The number of ether oxygens (including phenoxy) is 1. The molecule has 9 heteroatoms. The largest absolute Gasteiger partial charge is 0.497 e. The number of methoxy groups -OCH3 is 1. The molecule has 2 amide bonds. The van der Waals surface area contributed by atoms with Gasteiger partial charge in [0, 0.05) is 30.0 Å². The lowest BCUT2D eigenvalue weighted by Gasteiger charge is -2.31. The molecular weight excluding hydrogens is 514 g/mol. The van der Waals surface area contributed by atoms with Crippen LogP contribution in [0.15, 0.2) is 77.7 Å². The van der Waals surface area contributed by atoms with Crippen molar-refractivity contribution in [3.8, 4) is 5.75 Å². The number of sulfonamides is 1. The summed E-state index contributed by atoms with van der Waals surface area (Å²) < 4.78 is 32.8. The summed E-state index contributed by atoms with van der Waals surface area (Å²) in [7, 11) is -2.21. The molecular formula is C30H35N3O5S. The Morgan fingerprint density at radius 3 is 2.18 bits per heavy atom. The number of hydrogen-bond acceptors (Lipinski definition) is 5. The Balaban J connectivity index is 1.39. The van der Waals surface area contributed by atoms with Crippen LogP contribution in [0.25, 0.3) is 0 Å². The minimum absolute atomic E-state index is 0.00320. The third kappa shape index (κ3) is 6.85. The van der Waals surface area contributed by atoms with E-state index in [0.29, 0.717) is 42.1 Å². The van der Waals surface area contributed by atoms with Crippen molar-refractivity contribution < 1.29 is 22.7 Å². The number of anilines is 2. The maximum absolute atomic E-state index is 13.2. The molecule has 1 aliphatic rings. The van der Waals surface area contributed by atoms with Crippen LogP contribution in [-0.4, -0.2) is 44.7 Å². The molecule has 1 heterocycles. The molecule has 0 spiro atoms. The molecule has 2 N–H and O–H groups in total. The second-order valence-electron chi connectivity index (χ2n) is 10.7. The van der Waals surface area contributed by atoms with Crippen molar-refractivity contribution >= 4 is 33.2 Å². The first kappa shape index (κ1) is 28.3. The smallest absolute Gasteiger partial charge is 0.255 e. The van der Waals surface area contributed by atoms with Gasteiger partial charge < -0.3 is 15.4 Å². The van der Waals surface area contributed by atoms with E-state index in [-0.39, 0.29) is 28.7 Å². The molecule has 0 saturated carbocycles. The normalized spacial score (nSPS) is 16.4. The third-order valence-corrected chi connectivity index (χ3v) is 8.73. The van der Waals surface area contributed by atoms with Gasteiger partial charge in [0.2, 0.25) is 15.9 Å². The van der Waals surface area contributed by atoms with Gasteiger partial charge in [0.25, 0.3) is 5.91 Å². The first-order valence-electron chi connectivity index (χ1n) is 12.9. The molecule has 0 aliphatic carbocycles. The van der Waals surface area contributed by atoms with Crippen LogP contribution in [0.1, 0.15) is 49.5 Å². The van der Waals surface area contributed by atoms with Gasteiger partial charge in [-0.2, -0.15) is 4.31 Å². The summed E-state index contributed by atoms with van der Waals surface area (Å²) in [5.74, 6) is -0.426. The molecule has 0 radical (unpaired) electrons. The Morgan fingerprint density at radius 2 is 1.56 bits per heavy atom. The lowest BCUT2D eigenvalue weighted by Crippen LogP contribution is -2.43. The maximum Gasteiger partial charge on any atom is 0.255 e. The van der Waals surface area contributed by atoms with Crippen LogP contribution < -0.4 is 15.4 Å². The number of nitrogens with one attached hydrogen (secondary N) is 2. The SMILES string of the molecule is COc1ccc(S(=O)(=O)N2CCC[C@H](C(=O)Nc3cccc(NC(=O)c4ccc(C(C)(C)C)cc4)c3)C2)cc1. The number of hydrogen-bond donors (Lipinski definition) is 2. The van der Waals surface area contributed by atoms with Crippen LogP contribution >= 0.6 is 0 Å². The molecule has 39 heavy (non-hydrogen) atoms. The molecule has 3 aromatic carbocycles. The second-order valence-corrected chi connectivity index (χ2v) is 12.7. The van der Waals surface area contributed by atoms with Gasteiger partial charge in [-0.3, -0.25) is 9.59 Å². The number of carbonyl (C=O) groups excluding carboxylic acids is 2. The highest BCUT2D eigenvalue weighted by Crippen LogP contribution is 2.27. The highest BCUT2D eigenvalue weighted by molar-refractivity contribution is 7.89. The average Bonchev–Trinajstić information content (AvgIpc) is 2.93. The predicted octanol–water partition coefficient (Wildman–Crippen LogP) is 5.28.